The fourth-order valence-electron chi connectivity index (χ4n) is 4.90. The summed E-state index contributed by atoms with van der Waals surface area (Å²) in [6, 6.07) is 10.4. The van der Waals surface area contributed by atoms with Crippen LogP contribution in [-0.4, -0.2) is 18.5 Å². The molecule has 0 radical (unpaired) electrons. The van der Waals surface area contributed by atoms with E-state index < -0.39 is 6.29 Å². The maximum absolute atomic E-state index is 10.7. The molecule has 5 rings (SSSR count). The molecule has 1 N–H and O–H groups in total. The van der Waals surface area contributed by atoms with E-state index in [2.05, 4.69) is 29.3 Å². The lowest BCUT2D eigenvalue weighted by atomic mass is 9.81. The first-order valence-corrected chi connectivity index (χ1v) is 9.65. The van der Waals surface area contributed by atoms with E-state index in [1.807, 2.05) is 24.4 Å². The minimum Gasteiger partial charge on any atom is -0.460 e. The standard InChI is InChI=1S/C23H24NO3/c1-3-17-21(23(25)26-2)16-12-11-15-14-8-4-5-10-19(14)27-22(15)20(16)18-9-6-7-13-24(17)18/h3,6-7,9,11-13,17,21,23,25H,1,4-5,8,10H2,2H3/q+1. The topological polar surface area (TPSA) is 46.5 Å². The van der Waals surface area contributed by atoms with Crippen LogP contribution in [0.5, 0.6) is 0 Å². The van der Waals surface area contributed by atoms with E-state index in [1.54, 1.807) is 7.11 Å². The van der Waals surface area contributed by atoms with Gasteiger partial charge in [-0.1, -0.05) is 18.7 Å². The monoisotopic (exact) mass is 362 g/mol. The second-order valence-corrected chi connectivity index (χ2v) is 7.49. The molecule has 3 heterocycles. The largest absolute Gasteiger partial charge is 0.460 e. The number of ether oxygens (including phenoxy) is 1. The summed E-state index contributed by atoms with van der Waals surface area (Å²) in [6.07, 6.45) is 7.49. The quantitative estimate of drug-likeness (QED) is 0.434. The Morgan fingerprint density at radius 3 is 2.93 bits per heavy atom. The van der Waals surface area contributed by atoms with E-state index in [0.717, 1.165) is 41.0 Å². The normalized spacial score (nSPS) is 22.0. The second kappa shape index (κ2) is 6.32. The summed E-state index contributed by atoms with van der Waals surface area (Å²) in [5.74, 6) is 0.885. The Morgan fingerprint density at radius 2 is 2.11 bits per heavy atom. The molecule has 4 heteroatoms. The third-order valence-electron chi connectivity index (χ3n) is 6.14. The lowest BCUT2D eigenvalue weighted by Crippen LogP contribution is -2.49. The highest BCUT2D eigenvalue weighted by Crippen LogP contribution is 2.46. The molecule has 138 valence electrons. The van der Waals surface area contributed by atoms with Gasteiger partial charge in [0, 0.05) is 36.6 Å². The molecule has 3 aromatic rings. The van der Waals surface area contributed by atoms with Gasteiger partial charge in [0.1, 0.15) is 17.3 Å². The van der Waals surface area contributed by atoms with Crippen LogP contribution >= 0.6 is 0 Å². The smallest absolute Gasteiger partial charge is 0.217 e. The van der Waals surface area contributed by atoms with Gasteiger partial charge in [-0.2, -0.15) is 4.57 Å². The highest BCUT2D eigenvalue weighted by molar-refractivity contribution is 5.96. The fraction of sp³-hybridized carbons (Fsp3) is 0.348. The molecule has 0 spiro atoms. The van der Waals surface area contributed by atoms with Crippen LogP contribution in [0.4, 0.5) is 0 Å². The van der Waals surface area contributed by atoms with Crippen molar-refractivity contribution in [1.82, 2.24) is 0 Å². The van der Waals surface area contributed by atoms with Crippen LogP contribution in [0.2, 0.25) is 0 Å². The van der Waals surface area contributed by atoms with Crippen molar-refractivity contribution in [2.75, 3.05) is 7.11 Å². The lowest BCUT2D eigenvalue weighted by molar-refractivity contribution is -0.709. The summed E-state index contributed by atoms with van der Waals surface area (Å²) in [4.78, 5) is 0. The Morgan fingerprint density at radius 1 is 1.26 bits per heavy atom. The number of aliphatic hydroxyl groups excluding tert-OH is 1. The first kappa shape index (κ1) is 16.7. The Bertz CT molecular complexity index is 1040. The summed E-state index contributed by atoms with van der Waals surface area (Å²) in [5.41, 5.74) is 5.51. The number of benzene rings is 1. The second-order valence-electron chi connectivity index (χ2n) is 7.49. The number of fused-ring (bicyclic) bond motifs is 7. The number of hydrogen-bond acceptors (Lipinski definition) is 3. The predicted octanol–water partition coefficient (Wildman–Crippen LogP) is 4.06. The molecule has 1 aliphatic heterocycles. The summed E-state index contributed by atoms with van der Waals surface area (Å²) in [7, 11) is 1.54. The van der Waals surface area contributed by atoms with Crippen LogP contribution in [0.15, 0.2) is 53.6 Å². The van der Waals surface area contributed by atoms with Gasteiger partial charge in [-0.3, -0.25) is 0 Å². The predicted molar refractivity (Wildman–Crippen MR) is 103 cm³/mol. The first-order valence-electron chi connectivity index (χ1n) is 9.65. The van der Waals surface area contributed by atoms with Crippen LogP contribution in [0.1, 0.15) is 41.7 Å². The van der Waals surface area contributed by atoms with Gasteiger partial charge in [0.05, 0.1) is 5.56 Å². The number of furan rings is 1. The van der Waals surface area contributed by atoms with Crippen molar-refractivity contribution in [2.24, 2.45) is 0 Å². The minimum absolute atomic E-state index is 0.0920. The van der Waals surface area contributed by atoms with Crippen molar-refractivity contribution in [3.8, 4) is 11.3 Å². The molecule has 3 unspecified atom stereocenters. The van der Waals surface area contributed by atoms with Gasteiger partial charge in [0.15, 0.2) is 18.5 Å². The van der Waals surface area contributed by atoms with Gasteiger partial charge in [0.25, 0.3) is 0 Å². The number of methoxy groups -OCH3 is 1. The zero-order valence-corrected chi connectivity index (χ0v) is 15.5. The molecule has 4 nitrogen and oxygen atoms in total. The maximum Gasteiger partial charge on any atom is 0.217 e. The van der Waals surface area contributed by atoms with E-state index in [-0.39, 0.29) is 12.0 Å². The summed E-state index contributed by atoms with van der Waals surface area (Å²) in [6.45, 7) is 4.03. The van der Waals surface area contributed by atoms with Gasteiger partial charge < -0.3 is 14.3 Å². The van der Waals surface area contributed by atoms with Gasteiger partial charge in [-0.15, -0.1) is 0 Å². The van der Waals surface area contributed by atoms with E-state index in [4.69, 9.17) is 9.15 Å². The summed E-state index contributed by atoms with van der Waals surface area (Å²) in [5, 5.41) is 11.9. The van der Waals surface area contributed by atoms with E-state index in [9.17, 15) is 5.11 Å². The van der Waals surface area contributed by atoms with Gasteiger partial charge >= 0.3 is 0 Å². The number of pyridine rings is 1. The number of allylic oxidation sites excluding steroid dienone is 1. The molecule has 0 saturated heterocycles. The number of aryl methyl sites for hydroxylation is 2. The SMILES string of the molecule is C=CC1C(C(O)OC)c2ccc3c4c(oc3c2-c2cccc[n+]21)CCCC4. The average Bonchev–Trinajstić information content (AvgIpc) is 3.10. The third kappa shape index (κ3) is 2.33. The molecule has 3 atom stereocenters. The zero-order chi connectivity index (χ0) is 18.5. The van der Waals surface area contributed by atoms with E-state index >= 15 is 0 Å². The third-order valence-corrected chi connectivity index (χ3v) is 6.14. The summed E-state index contributed by atoms with van der Waals surface area (Å²) < 4.78 is 13.9. The molecule has 1 aromatic carbocycles. The van der Waals surface area contributed by atoms with Crippen molar-refractivity contribution in [1.29, 1.82) is 0 Å². The zero-order valence-electron chi connectivity index (χ0n) is 15.5. The Labute approximate surface area is 158 Å². The molecular weight excluding hydrogens is 338 g/mol. The van der Waals surface area contributed by atoms with E-state index in [1.165, 1.54) is 23.8 Å². The molecule has 0 fully saturated rings. The Kier molecular flexibility index (Phi) is 3.92. The Hall–Kier alpha value is -2.43. The number of aliphatic hydroxyl groups is 1. The number of aromatic nitrogens is 1. The molecule has 27 heavy (non-hydrogen) atoms. The molecular formula is C23H24NO3+. The Balaban J connectivity index is 1.85. The maximum atomic E-state index is 10.7. The number of rotatable bonds is 3. The molecule has 0 bridgehead atoms. The van der Waals surface area contributed by atoms with Gasteiger partial charge in [0.2, 0.25) is 5.69 Å². The minimum atomic E-state index is -0.922. The van der Waals surface area contributed by atoms with Gasteiger partial charge in [-0.05, 0) is 37.0 Å². The molecule has 0 saturated carbocycles. The van der Waals surface area contributed by atoms with Crippen LogP contribution in [0.3, 0.4) is 0 Å². The molecule has 2 aromatic heterocycles. The molecule has 2 aliphatic rings. The van der Waals surface area contributed by atoms with Crippen LogP contribution < -0.4 is 4.57 Å². The first-order chi connectivity index (χ1) is 13.2. The van der Waals surface area contributed by atoms with E-state index in [0.29, 0.717) is 0 Å². The number of nitrogens with zero attached hydrogens (tertiary/aromatic N) is 1. The van der Waals surface area contributed by atoms with Crippen LogP contribution in [-0.2, 0) is 17.6 Å². The lowest BCUT2D eigenvalue weighted by Gasteiger charge is -2.31. The molecule has 0 amide bonds. The van der Waals surface area contributed by atoms with Crippen molar-refractivity contribution < 1.29 is 18.8 Å². The van der Waals surface area contributed by atoms with Crippen LogP contribution in [0, 0.1) is 0 Å². The van der Waals surface area contributed by atoms with Crippen molar-refractivity contribution in [3.63, 3.8) is 0 Å². The summed E-state index contributed by atoms with van der Waals surface area (Å²) >= 11 is 0. The fourth-order valence-corrected chi connectivity index (χ4v) is 4.90. The highest BCUT2D eigenvalue weighted by Gasteiger charge is 2.44. The van der Waals surface area contributed by atoms with Gasteiger partial charge in [-0.25, -0.2) is 0 Å². The number of hydrogen-bond donors (Lipinski definition) is 1. The van der Waals surface area contributed by atoms with Crippen LogP contribution in [0.25, 0.3) is 22.2 Å². The van der Waals surface area contributed by atoms with Crippen molar-refractivity contribution >= 4 is 11.0 Å². The molecule has 1 aliphatic carbocycles. The van der Waals surface area contributed by atoms with Crippen molar-refractivity contribution in [2.45, 2.75) is 43.9 Å². The van der Waals surface area contributed by atoms with Crippen molar-refractivity contribution in [3.05, 3.63) is 66.1 Å². The average molecular weight is 362 g/mol. The highest BCUT2D eigenvalue weighted by atomic mass is 16.6.